The Bertz CT molecular complexity index is 104. The van der Waals surface area contributed by atoms with Crippen molar-refractivity contribution in [1.82, 2.24) is 0 Å². The molecule has 0 aromatic heterocycles. The van der Waals surface area contributed by atoms with Crippen molar-refractivity contribution in [3.63, 3.8) is 0 Å². The Hall–Kier alpha value is 1.14. The summed E-state index contributed by atoms with van der Waals surface area (Å²) in [7, 11) is 0. The third kappa shape index (κ3) is 206. The minimum atomic E-state index is -5.12. The molecule has 7 heteroatoms. The van der Waals surface area contributed by atoms with E-state index in [4.69, 9.17) is 16.0 Å². The summed E-state index contributed by atoms with van der Waals surface area (Å²) >= 11 is -5.12. The van der Waals surface area contributed by atoms with Gasteiger partial charge in [-0.05, 0) is 0 Å². The molecule has 8 heavy (non-hydrogen) atoms. The predicted octanol–water partition coefficient (Wildman–Crippen LogP) is -3.60. The molecule has 0 spiro atoms. The van der Waals surface area contributed by atoms with Gasteiger partial charge in [-0.2, -0.15) is 0 Å². The summed E-state index contributed by atoms with van der Waals surface area (Å²) < 4.78 is 31.8. The van der Waals surface area contributed by atoms with Crippen molar-refractivity contribution in [1.29, 1.82) is 0 Å². The second kappa shape index (κ2) is 8.14. The molecule has 0 aromatic carbocycles. The van der Waals surface area contributed by atoms with Gasteiger partial charge in [-0.15, -0.1) is 0 Å². The SMILES string of the molecule is C.[Co].[H-].[Li+].[O]=[Mn](=[O])([OH])[OH]. The van der Waals surface area contributed by atoms with Crippen LogP contribution in [0.5, 0.6) is 0 Å². The van der Waals surface area contributed by atoms with Gasteiger partial charge in [-0.25, -0.2) is 0 Å². The molecule has 0 rings (SSSR count). The molecule has 0 atom stereocenters. The van der Waals surface area contributed by atoms with Gasteiger partial charge < -0.3 is 1.43 Å². The third-order valence-corrected chi connectivity index (χ3v) is 0. The van der Waals surface area contributed by atoms with E-state index >= 15 is 0 Å². The fraction of sp³-hybridized carbons (Fsp3) is 1.00. The minimum absolute atomic E-state index is 0. The van der Waals surface area contributed by atoms with Gasteiger partial charge in [-0.3, -0.25) is 0 Å². The van der Waals surface area contributed by atoms with E-state index in [1.807, 2.05) is 0 Å². The van der Waals surface area contributed by atoms with Crippen LogP contribution in [0.15, 0.2) is 0 Å². The van der Waals surface area contributed by atoms with Gasteiger partial charge in [-0.1, -0.05) is 7.43 Å². The second-order valence-corrected chi connectivity index (χ2v) is 1.71. The molecule has 2 N–H and O–H groups in total. The maximum absolute atomic E-state index is 8.80. The average molecular weight is 204 g/mol. The van der Waals surface area contributed by atoms with Crippen LogP contribution in [0, 0.1) is 0 Å². The first-order chi connectivity index (χ1) is 2.00. The van der Waals surface area contributed by atoms with Crippen molar-refractivity contribution in [2.45, 2.75) is 7.43 Å². The van der Waals surface area contributed by atoms with Crippen molar-refractivity contribution in [2.75, 3.05) is 0 Å². The molecule has 0 amide bonds. The van der Waals surface area contributed by atoms with Crippen LogP contribution in [0.4, 0.5) is 0 Å². The van der Waals surface area contributed by atoms with E-state index in [2.05, 4.69) is 0 Å². The summed E-state index contributed by atoms with van der Waals surface area (Å²) in [5, 5.41) is 0. The molecule has 0 aliphatic heterocycles. The quantitative estimate of drug-likeness (QED) is 0.399. The number of rotatable bonds is 0. The summed E-state index contributed by atoms with van der Waals surface area (Å²) in [5.41, 5.74) is 0. The van der Waals surface area contributed by atoms with E-state index in [0.717, 1.165) is 0 Å². The molecule has 4 nitrogen and oxygen atoms in total. The fourth-order valence-corrected chi connectivity index (χ4v) is 0. The third-order valence-electron chi connectivity index (χ3n) is 0. The van der Waals surface area contributed by atoms with Gasteiger partial charge in [0.15, 0.2) is 0 Å². The standard InChI is InChI=1S/CH4.Co.Li.Mn.2H2O.2O.H/h1H4;;;;2*1H2;;;/q;;+1;+2;;;;;-1/p-2. The van der Waals surface area contributed by atoms with Gasteiger partial charge in [0.1, 0.15) is 0 Å². The Morgan fingerprint density at radius 3 is 1.25 bits per heavy atom. The van der Waals surface area contributed by atoms with E-state index in [1.54, 1.807) is 0 Å². The number of hydrogen-bond acceptors (Lipinski definition) is 2. The monoisotopic (exact) mass is 204 g/mol. The predicted molar refractivity (Wildman–Crippen MR) is 13.7 cm³/mol. The Morgan fingerprint density at radius 1 is 1.25 bits per heavy atom. The molecule has 0 unspecified atom stereocenters. The van der Waals surface area contributed by atoms with Crippen LogP contribution in [-0.2, 0) is 37.8 Å². The molecule has 1 radical (unpaired) electrons. The van der Waals surface area contributed by atoms with E-state index in [9.17, 15) is 0 Å². The Morgan fingerprint density at radius 2 is 1.25 bits per heavy atom. The molecule has 0 aromatic rings. The molecule has 52 valence electrons. The summed E-state index contributed by atoms with van der Waals surface area (Å²) in [5.74, 6) is 0. The molecular weight excluding hydrogens is 197 g/mol. The van der Waals surface area contributed by atoms with Crippen LogP contribution < -0.4 is 18.9 Å². The van der Waals surface area contributed by atoms with Crippen molar-refractivity contribution in [3.8, 4) is 0 Å². The fourth-order valence-electron chi connectivity index (χ4n) is 0. The molecule has 0 saturated heterocycles. The summed E-state index contributed by atoms with van der Waals surface area (Å²) in [6.07, 6.45) is 0. The zero-order chi connectivity index (χ0) is 4.50. The average Bonchev–Trinajstić information content (AvgIpc) is 0.722. The first-order valence-corrected chi connectivity index (χ1v) is 2.67. The molecule has 0 heterocycles. The van der Waals surface area contributed by atoms with Crippen LogP contribution in [0.1, 0.15) is 8.85 Å². The topological polar surface area (TPSA) is 74.6 Å². The van der Waals surface area contributed by atoms with Crippen LogP contribution in [-0.4, -0.2) is 8.38 Å². The van der Waals surface area contributed by atoms with E-state index in [0.29, 0.717) is 0 Å². The van der Waals surface area contributed by atoms with Gasteiger partial charge in [0, 0.05) is 16.8 Å². The van der Waals surface area contributed by atoms with Gasteiger partial charge in [0.25, 0.3) is 0 Å². The summed E-state index contributed by atoms with van der Waals surface area (Å²) in [6.45, 7) is 0. The molecule has 0 saturated carbocycles. The van der Waals surface area contributed by atoms with Crippen molar-refractivity contribution < 1.29 is 66.5 Å². The zero-order valence-corrected chi connectivity index (χ0v) is 5.64. The van der Waals surface area contributed by atoms with Crippen LogP contribution in [0.3, 0.4) is 0 Å². The van der Waals surface area contributed by atoms with Crippen LogP contribution >= 0.6 is 0 Å². The van der Waals surface area contributed by atoms with Gasteiger partial charge >= 0.3 is 48.3 Å². The van der Waals surface area contributed by atoms with Crippen LogP contribution in [0.2, 0.25) is 0 Å². The second-order valence-electron chi connectivity index (χ2n) is 0.415. The Balaban J connectivity index is -0.0000000133. The summed E-state index contributed by atoms with van der Waals surface area (Å²) in [6, 6.07) is 0. The summed E-state index contributed by atoms with van der Waals surface area (Å²) in [4.78, 5) is 0. The molecule has 0 bridgehead atoms. The maximum atomic E-state index is 8.80. The van der Waals surface area contributed by atoms with E-state index < -0.39 is 13.4 Å². The zero-order valence-electron chi connectivity index (χ0n) is 4.42. The Labute approximate surface area is 73.8 Å². The molecular formula is CH7CoLiMnO4. The molecule has 0 aliphatic carbocycles. The van der Waals surface area contributed by atoms with Crippen LogP contribution in [0.25, 0.3) is 0 Å². The first-order valence-electron chi connectivity index (χ1n) is 0.647. The van der Waals surface area contributed by atoms with E-state index in [1.165, 1.54) is 0 Å². The first kappa shape index (κ1) is 22.9. The van der Waals surface area contributed by atoms with Gasteiger partial charge in [0.2, 0.25) is 0 Å². The Kier molecular flexibility index (Phi) is 23.3. The van der Waals surface area contributed by atoms with Crippen molar-refractivity contribution >= 4 is 0 Å². The molecule has 0 aliphatic rings. The normalized spacial score (nSPS) is 7.25. The molecule has 0 fully saturated rings. The van der Waals surface area contributed by atoms with Crippen molar-refractivity contribution in [2.24, 2.45) is 0 Å². The van der Waals surface area contributed by atoms with E-state index in [-0.39, 0.29) is 44.5 Å². The van der Waals surface area contributed by atoms with Gasteiger partial charge in [0.05, 0.1) is 0 Å². The van der Waals surface area contributed by atoms with Crippen molar-refractivity contribution in [3.05, 3.63) is 0 Å². The number of hydrogen-bond donors (Lipinski definition) is 2.